The predicted octanol–water partition coefficient (Wildman–Crippen LogP) is 2.82. The Kier molecular flexibility index (Phi) is 10.1. The van der Waals surface area contributed by atoms with E-state index >= 15 is 0 Å². The number of methoxy groups -OCH3 is 1. The molecule has 0 aliphatic rings. The maximum atomic E-state index is 5.15. The Morgan fingerprint density at radius 1 is 1.12 bits per heavy atom. The van der Waals surface area contributed by atoms with Gasteiger partial charge >= 0.3 is 0 Å². The number of aryl methyl sites for hydroxylation is 3. The molecule has 0 amide bonds. The minimum Gasteiger partial charge on any atom is -0.385 e. The summed E-state index contributed by atoms with van der Waals surface area (Å²) in [5, 5.41) is 19.7. The van der Waals surface area contributed by atoms with Gasteiger partial charge in [0.05, 0.1) is 24.5 Å². The van der Waals surface area contributed by atoms with E-state index in [1.165, 1.54) is 0 Å². The van der Waals surface area contributed by atoms with Crippen LogP contribution in [0.4, 0.5) is 0 Å². The van der Waals surface area contributed by atoms with Crippen LogP contribution < -0.4 is 10.6 Å². The molecule has 10 heteroatoms. The fourth-order valence-electron chi connectivity index (χ4n) is 3.25. The van der Waals surface area contributed by atoms with Gasteiger partial charge in [0.2, 0.25) is 0 Å². The van der Waals surface area contributed by atoms with Gasteiger partial charge in [0.1, 0.15) is 5.82 Å². The highest BCUT2D eigenvalue weighted by molar-refractivity contribution is 14.0. The third-order valence-corrected chi connectivity index (χ3v) is 5.05. The number of halogens is 1. The van der Waals surface area contributed by atoms with E-state index in [9.17, 15) is 0 Å². The highest BCUT2D eigenvalue weighted by Gasteiger charge is 2.10. The molecule has 9 nitrogen and oxygen atoms in total. The lowest BCUT2D eigenvalue weighted by atomic mass is 10.2. The summed E-state index contributed by atoms with van der Waals surface area (Å²) in [6, 6.07) is 10.3. The second kappa shape index (κ2) is 12.5. The van der Waals surface area contributed by atoms with Gasteiger partial charge in [-0.15, -0.1) is 34.2 Å². The number of benzene rings is 1. The molecule has 3 rings (SSSR count). The van der Waals surface area contributed by atoms with E-state index in [4.69, 9.17) is 9.73 Å². The summed E-state index contributed by atoms with van der Waals surface area (Å²) in [7, 11) is 3.67. The van der Waals surface area contributed by atoms with Crippen molar-refractivity contribution in [2.45, 2.75) is 40.3 Å². The number of rotatable bonds is 9. The van der Waals surface area contributed by atoms with Crippen LogP contribution in [0.15, 0.2) is 35.3 Å². The van der Waals surface area contributed by atoms with Gasteiger partial charge < -0.3 is 19.9 Å². The lowest BCUT2D eigenvalue weighted by molar-refractivity contribution is 0.195. The first kappa shape index (κ1) is 25.8. The van der Waals surface area contributed by atoms with Crippen LogP contribution in [0.1, 0.15) is 35.0 Å². The van der Waals surface area contributed by atoms with E-state index in [0.29, 0.717) is 19.7 Å². The van der Waals surface area contributed by atoms with E-state index in [1.807, 2.05) is 42.3 Å². The molecule has 32 heavy (non-hydrogen) atoms. The van der Waals surface area contributed by atoms with E-state index in [2.05, 4.69) is 51.1 Å². The molecule has 2 N–H and O–H groups in total. The zero-order valence-corrected chi connectivity index (χ0v) is 21.8. The second-order valence-corrected chi connectivity index (χ2v) is 7.48. The molecular weight excluding hydrogens is 519 g/mol. The first-order chi connectivity index (χ1) is 15.0. The van der Waals surface area contributed by atoms with Crippen LogP contribution in [0.5, 0.6) is 0 Å². The number of aliphatic imine (C=N–C) groups is 1. The molecule has 0 saturated heterocycles. The molecule has 0 fully saturated rings. The average molecular weight is 552 g/mol. The number of ether oxygens (including phenoxy) is 1. The number of hydrogen-bond acceptors (Lipinski definition) is 5. The molecule has 0 spiro atoms. The quantitative estimate of drug-likeness (QED) is 0.184. The number of hydrogen-bond donors (Lipinski definition) is 2. The van der Waals surface area contributed by atoms with Crippen molar-refractivity contribution in [2.75, 3.05) is 20.3 Å². The fraction of sp³-hybridized carbons (Fsp3) is 0.455. The Labute approximate surface area is 206 Å². The van der Waals surface area contributed by atoms with Gasteiger partial charge in [0, 0.05) is 33.0 Å². The number of guanidine groups is 1. The zero-order valence-electron chi connectivity index (χ0n) is 19.4. The molecule has 0 unspecified atom stereocenters. The monoisotopic (exact) mass is 552 g/mol. The van der Waals surface area contributed by atoms with Crippen LogP contribution >= 0.6 is 24.0 Å². The van der Waals surface area contributed by atoms with Crippen molar-refractivity contribution in [2.24, 2.45) is 12.0 Å². The number of nitrogens with zero attached hydrogens (tertiary/aromatic N) is 6. The smallest absolute Gasteiger partial charge is 0.191 e. The summed E-state index contributed by atoms with van der Waals surface area (Å²) in [4.78, 5) is 4.82. The van der Waals surface area contributed by atoms with Crippen LogP contribution in [0.25, 0.3) is 5.69 Å². The third kappa shape index (κ3) is 6.76. The van der Waals surface area contributed by atoms with E-state index < -0.39 is 0 Å². The fourth-order valence-corrected chi connectivity index (χ4v) is 3.25. The van der Waals surface area contributed by atoms with Gasteiger partial charge in [0.25, 0.3) is 0 Å². The first-order valence-electron chi connectivity index (χ1n) is 10.5. The SMILES string of the molecule is COCCCNC(=NCc1ccccc1-n1nc(C)cc1C)NCc1nnc(C)n1C.I. The van der Waals surface area contributed by atoms with Gasteiger partial charge in [-0.2, -0.15) is 5.10 Å². The molecule has 0 aliphatic heterocycles. The summed E-state index contributed by atoms with van der Waals surface area (Å²) in [5.41, 5.74) is 4.24. The third-order valence-electron chi connectivity index (χ3n) is 5.05. The van der Waals surface area contributed by atoms with Crippen molar-refractivity contribution in [1.29, 1.82) is 0 Å². The van der Waals surface area contributed by atoms with Crippen LogP contribution in [0, 0.1) is 20.8 Å². The van der Waals surface area contributed by atoms with Crippen molar-refractivity contribution in [1.82, 2.24) is 35.2 Å². The minimum absolute atomic E-state index is 0. The Morgan fingerprint density at radius 2 is 1.91 bits per heavy atom. The number of aromatic nitrogens is 5. The molecule has 3 aromatic rings. The van der Waals surface area contributed by atoms with Crippen LogP contribution in [0.3, 0.4) is 0 Å². The molecule has 0 saturated carbocycles. The Hall–Kier alpha value is -2.47. The highest BCUT2D eigenvalue weighted by atomic mass is 127. The molecule has 1 aromatic carbocycles. The molecular formula is C22H33IN8O. The van der Waals surface area contributed by atoms with E-state index in [1.54, 1.807) is 7.11 Å². The molecule has 2 aromatic heterocycles. The van der Waals surface area contributed by atoms with E-state index in [0.717, 1.165) is 53.2 Å². The van der Waals surface area contributed by atoms with Gasteiger partial charge in [-0.25, -0.2) is 9.67 Å². The molecule has 0 atom stereocenters. The standard InChI is InChI=1S/C22H32N8O.HI/c1-16-13-17(2)30(28-16)20-10-7-6-9-19(20)14-24-22(23-11-8-12-31-5)25-15-21-27-26-18(3)29(21)4;/h6-7,9-10,13H,8,11-12,14-15H2,1-5H3,(H2,23,24,25);1H. The Bertz CT molecular complexity index is 1030. The Morgan fingerprint density at radius 3 is 2.56 bits per heavy atom. The maximum absolute atomic E-state index is 5.15. The zero-order chi connectivity index (χ0) is 22.2. The van der Waals surface area contributed by atoms with Gasteiger partial charge in [-0.1, -0.05) is 18.2 Å². The normalized spacial score (nSPS) is 11.3. The second-order valence-electron chi connectivity index (χ2n) is 7.48. The molecule has 174 valence electrons. The maximum Gasteiger partial charge on any atom is 0.191 e. The van der Waals surface area contributed by atoms with Crippen molar-refractivity contribution in [3.8, 4) is 5.69 Å². The van der Waals surface area contributed by atoms with Crippen LogP contribution in [-0.4, -0.2) is 50.8 Å². The lowest BCUT2D eigenvalue weighted by Gasteiger charge is -2.14. The number of nitrogens with one attached hydrogen (secondary N) is 2. The average Bonchev–Trinajstić information content (AvgIpc) is 3.27. The van der Waals surface area contributed by atoms with Gasteiger partial charge in [-0.3, -0.25) is 0 Å². The minimum atomic E-state index is 0. The highest BCUT2D eigenvalue weighted by Crippen LogP contribution is 2.17. The summed E-state index contributed by atoms with van der Waals surface area (Å²) in [6.07, 6.45) is 0.891. The van der Waals surface area contributed by atoms with Gasteiger partial charge in [0.15, 0.2) is 11.8 Å². The Balaban J connectivity index is 0.00000363. The molecule has 0 bridgehead atoms. The van der Waals surface area contributed by atoms with Crippen molar-refractivity contribution in [3.05, 3.63) is 58.9 Å². The van der Waals surface area contributed by atoms with Crippen molar-refractivity contribution in [3.63, 3.8) is 0 Å². The van der Waals surface area contributed by atoms with E-state index in [-0.39, 0.29) is 24.0 Å². The summed E-state index contributed by atoms with van der Waals surface area (Å²) in [5.74, 6) is 2.45. The summed E-state index contributed by atoms with van der Waals surface area (Å²) in [6.45, 7) is 8.51. The molecule has 0 aliphatic carbocycles. The van der Waals surface area contributed by atoms with Crippen LogP contribution in [0.2, 0.25) is 0 Å². The van der Waals surface area contributed by atoms with Crippen LogP contribution in [-0.2, 0) is 24.9 Å². The summed E-state index contributed by atoms with van der Waals surface area (Å²) < 4.78 is 9.09. The number of para-hydroxylation sites is 1. The molecule has 0 radical (unpaired) electrons. The lowest BCUT2D eigenvalue weighted by Crippen LogP contribution is -2.38. The van der Waals surface area contributed by atoms with Gasteiger partial charge in [-0.05, 0) is 44.9 Å². The largest absolute Gasteiger partial charge is 0.385 e. The first-order valence-corrected chi connectivity index (χ1v) is 10.5. The topological polar surface area (TPSA) is 94.2 Å². The summed E-state index contributed by atoms with van der Waals surface area (Å²) >= 11 is 0. The molecule has 2 heterocycles. The van der Waals surface area contributed by atoms with Crippen molar-refractivity contribution < 1.29 is 4.74 Å². The van der Waals surface area contributed by atoms with Crippen molar-refractivity contribution >= 4 is 29.9 Å². The predicted molar refractivity (Wildman–Crippen MR) is 137 cm³/mol.